The van der Waals surface area contributed by atoms with Gasteiger partial charge in [-0.3, -0.25) is 28.8 Å². The van der Waals surface area contributed by atoms with E-state index in [9.17, 15) is 39.0 Å². The molecule has 1 rings (SSSR count). The van der Waals surface area contributed by atoms with Gasteiger partial charge in [0.05, 0.1) is 24.3 Å². The highest BCUT2D eigenvalue weighted by Gasteiger charge is 2.31. The van der Waals surface area contributed by atoms with E-state index in [0.29, 0.717) is 5.56 Å². The van der Waals surface area contributed by atoms with Gasteiger partial charge in [-0.1, -0.05) is 30.3 Å². The maximum atomic E-state index is 13.0. The molecule has 1 amide bonds. The van der Waals surface area contributed by atoms with E-state index in [0.717, 1.165) is 0 Å². The molecule has 0 saturated heterocycles. The van der Waals surface area contributed by atoms with Crippen LogP contribution in [0.3, 0.4) is 0 Å². The molecule has 0 fully saturated rings. The lowest BCUT2D eigenvalue weighted by molar-refractivity contribution is -0.144. The van der Waals surface area contributed by atoms with Gasteiger partial charge in [0.1, 0.15) is 11.8 Å². The maximum absolute atomic E-state index is 13.0. The molecule has 0 aromatic heterocycles. The molecular weight excluding hydrogens is 492 g/mol. The van der Waals surface area contributed by atoms with Crippen LogP contribution < -0.4 is 10.6 Å². The summed E-state index contributed by atoms with van der Waals surface area (Å²) in [6.45, 7) is 0. The van der Waals surface area contributed by atoms with Crippen molar-refractivity contribution in [2.45, 2.75) is 50.6 Å². The molecule has 0 bridgehead atoms. The number of ketones is 2. The van der Waals surface area contributed by atoms with Crippen molar-refractivity contribution in [2.75, 3.05) is 12.8 Å². The number of amides is 1. The van der Waals surface area contributed by atoms with Crippen molar-refractivity contribution in [1.29, 1.82) is 0 Å². The summed E-state index contributed by atoms with van der Waals surface area (Å²) in [4.78, 5) is 72.2. The summed E-state index contributed by atoms with van der Waals surface area (Å²) in [6, 6.07) is 6.55. The van der Waals surface area contributed by atoms with Crippen molar-refractivity contribution in [3.8, 4) is 0 Å². The third-order valence-electron chi connectivity index (χ3n) is 5.63. The van der Waals surface area contributed by atoms with Crippen LogP contribution in [-0.2, 0) is 35.2 Å². The van der Waals surface area contributed by atoms with E-state index >= 15 is 0 Å². The number of carbonyl (C=O) groups is 6. The Labute approximate surface area is 214 Å². The first kappa shape index (κ1) is 30.8. The fraction of sp³-hybridized carbons (Fsp3) is 0.500. The van der Waals surface area contributed by atoms with E-state index < -0.39 is 72.1 Å². The summed E-state index contributed by atoms with van der Waals surface area (Å²) in [5, 5.41) is 32.6. The molecular formula is C24H32N2O9S. The zero-order chi connectivity index (χ0) is 27.3. The number of nitrogens with one attached hydrogen (secondary N) is 2. The lowest BCUT2D eigenvalue weighted by Gasteiger charge is -2.22. The smallest absolute Gasteiger partial charge is 0.320 e. The Balaban J connectivity index is 3.02. The molecule has 11 nitrogen and oxygen atoms in total. The standard InChI is InChI=1S/C24H32N2O9S/c1-25-18(24(34)35)8-7-17(27)10-15(12-21(29)30)22(31)26-19(9-14-5-3-2-4-6-14)20(28)11-16(13-36)23(32)33/h2-6,15-16,18-19,25,36H,7-13H2,1H3,(H,26,31)(H,29,30)(H,32,33)(H,34,35)/t15-,16-,18-,19-/m0/s1. The van der Waals surface area contributed by atoms with Crippen molar-refractivity contribution >= 4 is 48.0 Å². The summed E-state index contributed by atoms with van der Waals surface area (Å²) in [5.74, 6) is -8.02. The van der Waals surface area contributed by atoms with Crippen LogP contribution in [0.15, 0.2) is 30.3 Å². The molecule has 0 spiro atoms. The van der Waals surface area contributed by atoms with Crippen LogP contribution in [0.1, 0.15) is 37.7 Å². The molecule has 12 heteroatoms. The van der Waals surface area contributed by atoms with Gasteiger partial charge < -0.3 is 26.0 Å². The minimum atomic E-state index is -1.33. The average molecular weight is 525 g/mol. The number of Topliss-reactive ketones (excluding diaryl/α,β-unsaturated/α-hetero) is 2. The first-order chi connectivity index (χ1) is 17.0. The monoisotopic (exact) mass is 524 g/mol. The van der Waals surface area contributed by atoms with Gasteiger partial charge in [-0.2, -0.15) is 12.6 Å². The van der Waals surface area contributed by atoms with Gasteiger partial charge in [0.15, 0.2) is 5.78 Å². The largest absolute Gasteiger partial charge is 0.481 e. The van der Waals surface area contributed by atoms with Crippen molar-refractivity contribution in [2.24, 2.45) is 11.8 Å². The zero-order valence-corrected chi connectivity index (χ0v) is 20.8. The van der Waals surface area contributed by atoms with Crippen molar-refractivity contribution in [1.82, 2.24) is 10.6 Å². The van der Waals surface area contributed by atoms with Crippen LogP contribution >= 0.6 is 12.6 Å². The predicted octanol–water partition coefficient (Wildman–Crippen LogP) is 0.807. The molecule has 1 aromatic carbocycles. The fourth-order valence-electron chi connectivity index (χ4n) is 3.54. The molecule has 0 aliphatic heterocycles. The molecule has 1 aromatic rings. The number of carbonyl (C=O) groups excluding carboxylic acids is 3. The van der Waals surface area contributed by atoms with E-state index in [1.165, 1.54) is 7.05 Å². The van der Waals surface area contributed by atoms with Gasteiger partial charge in [0.25, 0.3) is 0 Å². The Kier molecular flexibility index (Phi) is 13.4. The summed E-state index contributed by atoms with van der Waals surface area (Å²) in [7, 11) is 1.43. The third-order valence-corrected chi connectivity index (χ3v) is 6.07. The molecule has 0 unspecified atom stereocenters. The number of rotatable bonds is 18. The van der Waals surface area contributed by atoms with E-state index in [-0.39, 0.29) is 31.4 Å². The number of hydrogen-bond acceptors (Lipinski definition) is 8. The van der Waals surface area contributed by atoms with Gasteiger partial charge in [-0.15, -0.1) is 0 Å². The second kappa shape index (κ2) is 15.7. The highest BCUT2D eigenvalue weighted by Crippen LogP contribution is 2.16. The van der Waals surface area contributed by atoms with Gasteiger partial charge >= 0.3 is 17.9 Å². The van der Waals surface area contributed by atoms with E-state index in [1.807, 2.05) is 0 Å². The summed E-state index contributed by atoms with van der Waals surface area (Å²) in [5.41, 5.74) is 0.687. The molecule has 0 radical (unpaired) electrons. The zero-order valence-electron chi connectivity index (χ0n) is 19.9. The second-order valence-electron chi connectivity index (χ2n) is 8.39. The predicted molar refractivity (Wildman–Crippen MR) is 132 cm³/mol. The van der Waals surface area contributed by atoms with Gasteiger partial charge in [-0.25, -0.2) is 0 Å². The van der Waals surface area contributed by atoms with Gasteiger partial charge in [0, 0.05) is 25.0 Å². The normalized spacial score (nSPS) is 14.2. The molecule has 4 atom stereocenters. The molecule has 0 heterocycles. The van der Waals surface area contributed by atoms with Gasteiger partial charge in [0.2, 0.25) is 5.91 Å². The average Bonchev–Trinajstić information content (AvgIpc) is 2.81. The van der Waals surface area contributed by atoms with Crippen LogP contribution in [0.2, 0.25) is 0 Å². The second-order valence-corrected chi connectivity index (χ2v) is 8.76. The number of aliphatic carboxylic acids is 3. The lowest BCUT2D eigenvalue weighted by Crippen LogP contribution is -2.46. The van der Waals surface area contributed by atoms with E-state index in [4.69, 9.17) is 5.11 Å². The van der Waals surface area contributed by atoms with Crippen molar-refractivity contribution in [3.63, 3.8) is 0 Å². The van der Waals surface area contributed by atoms with Crippen molar-refractivity contribution in [3.05, 3.63) is 35.9 Å². The quantitative estimate of drug-likeness (QED) is 0.150. The molecule has 198 valence electrons. The third kappa shape index (κ3) is 11.0. The summed E-state index contributed by atoms with van der Waals surface area (Å²) >= 11 is 3.96. The highest BCUT2D eigenvalue weighted by molar-refractivity contribution is 7.80. The number of hydrogen-bond donors (Lipinski definition) is 6. The van der Waals surface area contributed by atoms with Crippen LogP contribution in [0.4, 0.5) is 0 Å². The summed E-state index contributed by atoms with van der Waals surface area (Å²) in [6.07, 6.45) is -1.70. The molecule has 0 saturated carbocycles. The van der Waals surface area contributed by atoms with Crippen LogP contribution in [0.25, 0.3) is 0 Å². The minimum absolute atomic E-state index is 0.0402. The van der Waals surface area contributed by atoms with Crippen molar-refractivity contribution < 1.29 is 44.1 Å². The number of carboxylic acids is 3. The molecule has 5 N–H and O–H groups in total. The first-order valence-corrected chi connectivity index (χ1v) is 12.0. The van der Waals surface area contributed by atoms with Crippen LogP contribution in [-0.4, -0.2) is 75.6 Å². The maximum Gasteiger partial charge on any atom is 0.320 e. The Morgan fingerprint density at radius 2 is 1.50 bits per heavy atom. The lowest BCUT2D eigenvalue weighted by atomic mass is 9.92. The van der Waals surface area contributed by atoms with Crippen LogP contribution in [0, 0.1) is 11.8 Å². The Morgan fingerprint density at radius 3 is 2.00 bits per heavy atom. The SMILES string of the molecule is CN[C@@H](CCC(=O)C[C@@H](CC(=O)O)C(=O)N[C@@H](Cc1ccccc1)C(=O)C[C@@H](CS)C(=O)O)C(=O)O. The Hall–Kier alpha value is -3.25. The number of thiol groups is 1. The molecule has 36 heavy (non-hydrogen) atoms. The first-order valence-electron chi connectivity index (χ1n) is 11.3. The minimum Gasteiger partial charge on any atom is -0.481 e. The molecule has 0 aliphatic rings. The van der Waals surface area contributed by atoms with E-state index in [2.05, 4.69) is 23.3 Å². The summed E-state index contributed by atoms with van der Waals surface area (Å²) < 4.78 is 0. The Morgan fingerprint density at radius 1 is 0.861 bits per heavy atom. The van der Waals surface area contributed by atoms with E-state index in [1.54, 1.807) is 30.3 Å². The number of likely N-dealkylation sites (N-methyl/N-ethyl adjacent to an activating group) is 1. The fourth-order valence-corrected chi connectivity index (χ4v) is 3.83. The Bertz CT molecular complexity index is 939. The topological polar surface area (TPSA) is 187 Å². The number of carboxylic acid groups (broad SMARTS) is 3. The molecule has 0 aliphatic carbocycles. The van der Waals surface area contributed by atoms with Crippen LogP contribution in [0.5, 0.6) is 0 Å². The highest BCUT2D eigenvalue weighted by atomic mass is 32.1. The number of benzene rings is 1. The van der Waals surface area contributed by atoms with Gasteiger partial charge in [-0.05, 0) is 25.5 Å².